The van der Waals surface area contributed by atoms with E-state index in [2.05, 4.69) is 17.6 Å². The summed E-state index contributed by atoms with van der Waals surface area (Å²) in [5.41, 5.74) is 1.21. The monoisotopic (exact) mass is 396 g/mol. The van der Waals surface area contributed by atoms with Gasteiger partial charge < -0.3 is 10.6 Å². The van der Waals surface area contributed by atoms with Crippen LogP contribution in [0.1, 0.15) is 51.9 Å². The molecule has 4 fully saturated rings. The molecule has 1 atom stereocenters. The fourth-order valence-electron chi connectivity index (χ4n) is 6.20. The Hall–Kier alpha value is -0.510. The number of hydrogen-bond donors (Lipinski definition) is 2. The Balaban J connectivity index is 1.47. The van der Waals surface area contributed by atoms with Crippen LogP contribution in [0, 0.1) is 23.2 Å². The quantitative estimate of drug-likeness (QED) is 0.585. The van der Waals surface area contributed by atoms with E-state index in [-0.39, 0.29) is 0 Å². The molecule has 0 amide bonds. The number of hydrogen-bond acceptors (Lipinski definition) is 1. The number of thiocarbonyl (C=S) groups is 1. The molecule has 4 aliphatic carbocycles. The highest BCUT2D eigenvalue weighted by Gasteiger charge is 2.53. The van der Waals surface area contributed by atoms with Gasteiger partial charge in [-0.3, -0.25) is 0 Å². The summed E-state index contributed by atoms with van der Waals surface area (Å²) in [7, 11) is 0. The summed E-state index contributed by atoms with van der Waals surface area (Å²) >= 11 is 18.0. The summed E-state index contributed by atoms with van der Waals surface area (Å²) in [4.78, 5) is 0. The zero-order valence-electron chi connectivity index (χ0n) is 14.7. The normalized spacial score (nSPS) is 34.0. The van der Waals surface area contributed by atoms with Crippen molar-refractivity contribution < 1.29 is 0 Å². The Kier molecular flexibility index (Phi) is 4.94. The van der Waals surface area contributed by atoms with Gasteiger partial charge in [-0.25, -0.2) is 0 Å². The maximum Gasteiger partial charge on any atom is 0.171 e. The Morgan fingerprint density at radius 3 is 2.32 bits per heavy atom. The van der Waals surface area contributed by atoms with Crippen LogP contribution in [0.15, 0.2) is 18.2 Å². The smallest absolute Gasteiger partial charge is 0.171 e. The molecule has 4 saturated carbocycles. The van der Waals surface area contributed by atoms with Crippen molar-refractivity contribution in [2.45, 2.75) is 57.9 Å². The van der Waals surface area contributed by atoms with Crippen molar-refractivity contribution in [1.82, 2.24) is 5.32 Å². The highest BCUT2D eigenvalue weighted by molar-refractivity contribution is 7.80. The third kappa shape index (κ3) is 3.52. The highest BCUT2D eigenvalue weighted by atomic mass is 35.5. The molecule has 0 saturated heterocycles. The van der Waals surface area contributed by atoms with Gasteiger partial charge in [0.05, 0.1) is 10.7 Å². The van der Waals surface area contributed by atoms with Crippen molar-refractivity contribution in [3.05, 3.63) is 28.2 Å². The van der Waals surface area contributed by atoms with Gasteiger partial charge in [-0.15, -0.1) is 0 Å². The Labute approximate surface area is 166 Å². The van der Waals surface area contributed by atoms with E-state index in [4.69, 9.17) is 35.4 Å². The van der Waals surface area contributed by atoms with Crippen LogP contribution in [0.2, 0.25) is 10.0 Å². The lowest BCUT2D eigenvalue weighted by molar-refractivity contribution is -0.0709. The number of rotatable bonds is 4. The largest absolute Gasteiger partial charge is 0.359 e. The Bertz CT molecular complexity index is 640. The van der Waals surface area contributed by atoms with E-state index in [0.717, 1.165) is 29.9 Å². The second-order valence-electron chi connectivity index (χ2n) is 8.46. The van der Waals surface area contributed by atoms with Crippen LogP contribution in [-0.4, -0.2) is 11.2 Å². The summed E-state index contributed by atoms with van der Waals surface area (Å²) in [5, 5.41) is 8.84. The van der Waals surface area contributed by atoms with Crippen molar-refractivity contribution in [1.29, 1.82) is 0 Å². The lowest BCUT2D eigenvalue weighted by Crippen LogP contribution is -2.57. The molecule has 136 valence electrons. The molecule has 4 bridgehead atoms. The molecule has 0 aliphatic heterocycles. The standard InChI is InChI=1S/C20H26Cl2N2S/c1-2-18(20-9-12-5-13(10-20)7-14(6-12)11-20)24-19(25)23-17-8-15(21)3-4-16(17)22/h3-4,8,12-14,18H,2,5-7,9-11H2,1H3,(H2,23,24,25). The van der Waals surface area contributed by atoms with Crippen LogP contribution in [-0.2, 0) is 0 Å². The third-order valence-corrected chi connectivity index (χ3v) is 7.50. The lowest BCUT2D eigenvalue weighted by Gasteiger charge is -2.59. The van der Waals surface area contributed by atoms with E-state index in [0.29, 0.717) is 26.6 Å². The van der Waals surface area contributed by atoms with Crippen molar-refractivity contribution in [2.75, 3.05) is 5.32 Å². The predicted molar refractivity (Wildman–Crippen MR) is 111 cm³/mol. The minimum absolute atomic E-state index is 0.438. The molecular weight excluding hydrogens is 371 g/mol. The highest BCUT2D eigenvalue weighted by Crippen LogP contribution is 2.61. The zero-order chi connectivity index (χ0) is 17.6. The van der Waals surface area contributed by atoms with E-state index >= 15 is 0 Å². The average molecular weight is 397 g/mol. The van der Waals surface area contributed by atoms with Crippen LogP contribution in [0.4, 0.5) is 5.69 Å². The first-order valence-corrected chi connectivity index (χ1v) is 10.7. The molecule has 5 rings (SSSR count). The molecule has 4 aliphatic rings. The van der Waals surface area contributed by atoms with Crippen LogP contribution < -0.4 is 10.6 Å². The number of nitrogens with one attached hydrogen (secondary N) is 2. The second-order valence-corrected chi connectivity index (χ2v) is 9.72. The summed E-state index contributed by atoms with van der Waals surface area (Å²) < 4.78 is 0. The van der Waals surface area contributed by atoms with Crippen LogP contribution in [0.5, 0.6) is 0 Å². The van der Waals surface area contributed by atoms with Gasteiger partial charge in [0.2, 0.25) is 0 Å². The van der Waals surface area contributed by atoms with Crippen LogP contribution in [0.3, 0.4) is 0 Å². The van der Waals surface area contributed by atoms with Crippen molar-refractivity contribution in [3.63, 3.8) is 0 Å². The SMILES string of the molecule is CCC(NC(=S)Nc1cc(Cl)ccc1Cl)C12CC3CC(CC(C3)C1)C2. The first-order chi connectivity index (χ1) is 12.0. The van der Waals surface area contributed by atoms with Crippen molar-refractivity contribution in [2.24, 2.45) is 23.2 Å². The van der Waals surface area contributed by atoms with Crippen LogP contribution in [0.25, 0.3) is 0 Å². The third-order valence-electron chi connectivity index (χ3n) is 6.71. The maximum atomic E-state index is 6.26. The molecule has 0 heterocycles. The molecule has 1 aromatic carbocycles. The molecule has 0 spiro atoms. The minimum Gasteiger partial charge on any atom is -0.359 e. The average Bonchev–Trinajstić information content (AvgIpc) is 2.54. The fourth-order valence-corrected chi connectivity index (χ4v) is 6.79. The fraction of sp³-hybridized carbons (Fsp3) is 0.650. The molecule has 2 nitrogen and oxygen atoms in total. The minimum atomic E-state index is 0.438. The first kappa shape index (κ1) is 17.9. The lowest BCUT2D eigenvalue weighted by atomic mass is 9.47. The summed E-state index contributed by atoms with van der Waals surface area (Å²) in [5.74, 6) is 2.85. The Morgan fingerprint density at radius 2 is 1.76 bits per heavy atom. The predicted octanol–water partition coefficient (Wildman–Crippen LogP) is 6.27. The van der Waals surface area contributed by atoms with Gasteiger partial charge in [-0.2, -0.15) is 0 Å². The summed E-state index contributed by atoms with van der Waals surface area (Å²) in [6, 6.07) is 5.85. The van der Waals surface area contributed by atoms with Gasteiger partial charge in [-0.1, -0.05) is 30.1 Å². The molecule has 0 radical (unpaired) electrons. The number of halogens is 2. The molecule has 5 heteroatoms. The van der Waals surface area contributed by atoms with Crippen molar-refractivity contribution >= 4 is 46.2 Å². The van der Waals surface area contributed by atoms with E-state index in [1.165, 1.54) is 38.5 Å². The molecule has 0 aromatic heterocycles. The molecule has 1 aromatic rings. The molecular formula is C20H26Cl2N2S. The van der Waals surface area contributed by atoms with E-state index in [9.17, 15) is 0 Å². The van der Waals surface area contributed by atoms with Gasteiger partial charge in [0, 0.05) is 11.1 Å². The zero-order valence-corrected chi connectivity index (χ0v) is 17.0. The molecule has 25 heavy (non-hydrogen) atoms. The Morgan fingerprint density at radius 1 is 1.16 bits per heavy atom. The number of benzene rings is 1. The van der Waals surface area contributed by atoms with Gasteiger partial charge in [0.25, 0.3) is 0 Å². The first-order valence-electron chi connectivity index (χ1n) is 9.50. The molecule has 2 N–H and O–H groups in total. The topological polar surface area (TPSA) is 24.1 Å². The van der Waals surface area contributed by atoms with Gasteiger partial charge in [-0.05, 0) is 98.5 Å². The van der Waals surface area contributed by atoms with E-state index < -0.39 is 0 Å². The van der Waals surface area contributed by atoms with E-state index in [1.54, 1.807) is 12.1 Å². The summed E-state index contributed by atoms with van der Waals surface area (Å²) in [6.07, 6.45) is 9.65. The van der Waals surface area contributed by atoms with Gasteiger partial charge in [0.1, 0.15) is 0 Å². The maximum absolute atomic E-state index is 6.26. The van der Waals surface area contributed by atoms with Crippen LogP contribution >= 0.6 is 35.4 Å². The van der Waals surface area contributed by atoms with Gasteiger partial charge in [0.15, 0.2) is 5.11 Å². The van der Waals surface area contributed by atoms with Gasteiger partial charge >= 0.3 is 0 Å². The van der Waals surface area contributed by atoms with Crippen molar-refractivity contribution in [3.8, 4) is 0 Å². The van der Waals surface area contributed by atoms with E-state index in [1.807, 2.05) is 6.07 Å². The number of anilines is 1. The summed E-state index contributed by atoms with van der Waals surface area (Å²) in [6.45, 7) is 2.28. The second kappa shape index (κ2) is 6.90. The molecule has 1 unspecified atom stereocenters.